The third-order valence-corrected chi connectivity index (χ3v) is 5.35. The molecule has 2 rings (SSSR count). The van der Waals surface area contributed by atoms with E-state index in [1.54, 1.807) is 11.1 Å². The smallest absolute Gasteiger partial charge is 0.254 e. The minimum absolute atomic E-state index is 0.0300. The van der Waals surface area contributed by atoms with E-state index in [0.717, 1.165) is 24.1 Å². The zero-order valence-electron chi connectivity index (χ0n) is 17.5. The Morgan fingerprint density at radius 2 is 1.82 bits per heavy atom. The fraction of sp³-hybridized carbons (Fsp3) is 0.500. The van der Waals surface area contributed by atoms with Crippen LogP contribution in [0.5, 0.6) is 0 Å². The molecule has 0 saturated carbocycles. The Morgan fingerprint density at radius 1 is 1.14 bits per heavy atom. The molecule has 2 aromatic rings. The van der Waals surface area contributed by atoms with Crippen LogP contribution in [0.3, 0.4) is 0 Å². The van der Waals surface area contributed by atoms with Gasteiger partial charge < -0.3 is 10.2 Å². The summed E-state index contributed by atoms with van der Waals surface area (Å²) in [5.74, 6) is -0.326. The second kappa shape index (κ2) is 9.82. The van der Waals surface area contributed by atoms with Gasteiger partial charge in [-0.25, -0.2) is 4.98 Å². The summed E-state index contributed by atoms with van der Waals surface area (Å²) in [7, 11) is 0. The van der Waals surface area contributed by atoms with E-state index in [2.05, 4.69) is 38.0 Å². The van der Waals surface area contributed by atoms with Crippen LogP contribution < -0.4 is 5.32 Å². The van der Waals surface area contributed by atoms with Gasteiger partial charge in [-0.1, -0.05) is 52.7 Å². The van der Waals surface area contributed by atoms with Crippen molar-refractivity contribution in [1.82, 2.24) is 9.88 Å². The topological polar surface area (TPSA) is 62.3 Å². The fourth-order valence-corrected chi connectivity index (χ4v) is 3.53. The van der Waals surface area contributed by atoms with Crippen molar-refractivity contribution in [2.24, 2.45) is 0 Å². The number of aryl methyl sites for hydroxylation is 1. The van der Waals surface area contributed by atoms with Gasteiger partial charge in [-0.3, -0.25) is 9.59 Å². The summed E-state index contributed by atoms with van der Waals surface area (Å²) >= 11 is 1.43. The third kappa shape index (κ3) is 6.44. The second-order valence-electron chi connectivity index (χ2n) is 8.09. The van der Waals surface area contributed by atoms with Crippen molar-refractivity contribution in [3.63, 3.8) is 0 Å². The van der Waals surface area contributed by atoms with Gasteiger partial charge in [0.2, 0.25) is 5.91 Å². The van der Waals surface area contributed by atoms with Crippen molar-refractivity contribution in [2.75, 3.05) is 18.4 Å². The third-order valence-electron chi connectivity index (χ3n) is 4.52. The number of hydrogen-bond donors (Lipinski definition) is 1. The Hall–Kier alpha value is -2.21. The molecule has 5 nitrogen and oxygen atoms in total. The predicted octanol–water partition coefficient (Wildman–Crippen LogP) is 5.02. The lowest BCUT2D eigenvalue weighted by molar-refractivity contribution is -0.116. The molecule has 152 valence electrons. The highest BCUT2D eigenvalue weighted by Crippen LogP contribution is 2.23. The van der Waals surface area contributed by atoms with Gasteiger partial charge in [0.05, 0.1) is 0 Å². The zero-order chi connectivity index (χ0) is 20.7. The average Bonchev–Trinajstić information content (AvgIpc) is 3.04. The number of carbonyl (C=O) groups excluding carboxylic acids is 2. The molecule has 2 amide bonds. The normalized spacial score (nSPS) is 11.3. The quantitative estimate of drug-likeness (QED) is 0.632. The molecule has 28 heavy (non-hydrogen) atoms. The molecular formula is C22H31N3O2S. The number of unbranched alkanes of at least 4 members (excludes halogenated alkanes) is 2. The van der Waals surface area contributed by atoms with Crippen molar-refractivity contribution in [3.05, 3.63) is 46.5 Å². The van der Waals surface area contributed by atoms with Crippen LogP contribution in [0, 0.1) is 6.92 Å². The maximum atomic E-state index is 13.0. The van der Waals surface area contributed by atoms with Crippen molar-refractivity contribution < 1.29 is 9.59 Å². The van der Waals surface area contributed by atoms with Crippen LogP contribution in [-0.2, 0) is 10.2 Å². The first-order valence-corrected chi connectivity index (χ1v) is 10.6. The molecule has 1 N–H and O–H groups in total. The molecule has 0 atom stereocenters. The maximum Gasteiger partial charge on any atom is 0.254 e. The van der Waals surface area contributed by atoms with Crippen LogP contribution in [0.25, 0.3) is 0 Å². The van der Waals surface area contributed by atoms with Crippen LogP contribution in [0.2, 0.25) is 0 Å². The highest BCUT2D eigenvalue weighted by molar-refractivity contribution is 7.15. The molecule has 0 saturated heterocycles. The Morgan fingerprint density at radius 3 is 2.36 bits per heavy atom. The van der Waals surface area contributed by atoms with E-state index >= 15 is 0 Å². The molecule has 0 bridgehead atoms. The minimum Gasteiger partial charge on any atom is -0.329 e. The average molecular weight is 402 g/mol. The molecule has 1 heterocycles. The Labute approximate surface area is 172 Å². The number of benzene rings is 1. The summed E-state index contributed by atoms with van der Waals surface area (Å²) in [4.78, 5) is 32.3. The number of nitrogens with one attached hydrogen (secondary N) is 1. The molecular weight excluding hydrogens is 370 g/mol. The maximum absolute atomic E-state index is 13.0. The molecule has 0 spiro atoms. The summed E-state index contributed by atoms with van der Waals surface area (Å²) < 4.78 is 0. The van der Waals surface area contributed by atoms with E-state index in [9.17, 15) is 9.59 Å². The number of carbonyl (C=O) groups is 2. The monoisotopic (exact) mass is 401 g/mol. The number of amides is 2. The van der Waals surface area contributed by atoms with Gasteiger partial charge in [0.1, 0.15) is 6.54 Å². The SMILES string of the molecule is CCCCCN(CC(=O)Nc1ncc(C)s1)C(=O)c1ccc(C(C)(C)C)cc1. The highest BCUT2D eigenvalue weighted by Gasteiger charge is 2.20. The van der Waals surface area contributed by atoms with Gasteiger partial charge in [0, 0.05) is 23.2 Å². The van der Waals surface area contributed by atoms with Gasteiger partial charge in [0.15, 0.2) is 5.13 Å². The van der Waals surface area contributed by atoms with E-state index in [1.165, 1.54) is 16.9 Å². The first-order chi connectivity index (χ1) is 13.2. The molecule has 0 aliphatic heterocycles. The first-order valence-electron chi connectivity index (χ1n) is 9.83. The van der Waals surface area contributed by atoms with Crippen molar-refractivity contribution in [2.45, 2.75) is 59.3 Å². The number of rotatable bonds is 8. The number of nitrogens with zero attached hydrogens (tertiary/aromatic N) is 2. The van der Waals surface area contributed by atoms with E-state index in [-0.39, 0.29) is 23.8 Å². The summed E-state index contributed by atoms with van der Waals surface area (Å²) in [6, 6.07) is 7.71. The molecule has 1 aromatic heterocycles. The molecule has 0 unspecified atom stereocenters. The number of aromatic nitrogens is 1. The summed E-state index contributed by atoms with van der Waals surface area (Å²) in [6.45, 7) is 11.1. The Kier molecular flexibility index (Phi) is 7.75. The summed E-state index contributed by atoms with van der Waals surface area (Å²) in [5, 5.41) is 3.36. The fourth-order valence-electron chi connectivity index (χ4n) is 2.85. The highest BCUT2D eigenvalue weighted by atomic mass is 32.1. The molecule has 0 fully saturated rings. The molecule has 0 radical (unpaired) electrons. The van der Waals surface area contributed by atoms with E-state index in [4.69, 9.17) is 0 Å². The van der Waals surface area contributed by atoms with Crippen LogP contribution in [0.15, 0.2) is 30.5 Å². The molecule has 0 aliphatic rings. The minimum atomic E-state index is -0.217. The lowest BCUT2D eigenvalue weighted by Gasteiger charge is -2.23. The molecule has 6 heteroatoms. The number of thiazole rings is 1. The molecule has 0 aliphatic carbocycles. The number of hydrogen-bond acceptors (Lipinski definition) is 4. The van der Waals surface area contributed by atoms with Crippen molar-refractivity contribution >= 4 is 28.3 Å². The first kappa shape index (κ1) is 22.1. The van der Waals surface area contributed by atoms with Crippen molar-refractivity contribution in [1.29, 1.82) is 0 Å². The van der Waals surface area contributed by atoms with Gasteiger partial charge in [-0.15, -0.1) is 11.3 Å². The lowest BCUT2D eigenvalue weighted by atomic mass is 9.86. The van der Waals surface area contributed by atoms with Gasteiger partial charge in [-0.05, 0) is 36.5 Å². The summed E-state index contributed by atoms with van der Waals surface area (Å²) in [5.41, 5.74) is 1.83. The van der Waals surface area contributed by atoms with Crippen molar-refractivity contribution in [3.8, 4) is 0 Å². The van der Waals surface area contributed by atoms with Crippen LogP contribution >= 0.6 is 11.3 Å². The van der Waals surface area contributed by atoms with E-state index < -0.39 is 0 Å². The molecule has 1 aromatic carbocycles. The van der Waals surface area contributed by atoms with Crippen LogP contribution in [0.1, 0.15) is 67.8 Å². The Bertz CT molecular complexity index is 791. The van der Waals surface area contributed by atoms with E-state index in [0.29, 0.717) is 17.2 Å². The lowest BCUT2D eigenvalue weighted by Crippen LogP contribution is -2.38. The van der Waals surface area contributed by atoms with Gasteiger partial charge >= 0.3 is 0 Å². The van der Waals surface area contributed by atoms with E-state index in [1.807, 2.05) is 31.2 Å². The van der Waals surface area contributed by atoms with Crippen LogP contribution in [-0.4, -0.2) is 34.8 Å². The number of anilines is 1. The zero-order valence-corrected chi connectivity index (χ0v) is 18.4. The predicted molar refractivity (Wildman–Crippen MR) is 116 cm³/mol. The largest absolute Gasteiger partial charge is 0.329 e. The Balaban J connectivity index is 2.09. The van der Waals surface area contributed by atoms with Crippen LogP contribution in [0.4, 0.5) is 5.13 Å². The van der Waals surface area contributed by atoms with Gasteiger partial charge in [0.25, 0.3) is 5.91 Å². The standard InChI is InChI=1S/C22H31N3O2S/c1-6-7-8-13-25(15-19(26)24-21-23-14-16(2)28-21)20(27)17-9-11-18(12-10-17)22(3,4)5/h9-12,14H,6-8,13,15H2,1-5H3,(H,23,24,26). The summed E-state index contributed by atoms with van der Waals surface area (Å²) in [6.07, 6.45) is 4.69. The second-order valence-corrected chi connectivity index (χ2v) is 9.32. The van der Waals surface area contributed by atoms with Gasteiger partial charge in [-0.2, -0.15) is 0 Å².